The van der Waals surface area contributed by atoms with E-state index >= 15 is 0 Å². The van der Waals surface area contributed by atoms with Crippen LogP contribution in [0, 0.1) is 0 Å². The van der Waals surface area contributed by atoms with Crippen LogP contribution in [0.5, 0.6) is 17.2 Å². The van der Waals surface area contributed by atoms with E-state index in [9.17, 15) is 9.90 Å². The number of carbonyl (C=O) groups is 1. The summed E-state index contributed by atoms with van der Waals surface area (Å²) in [4.78, 5) is 19.4. The first kappa shape index (κ1) is 21.6. The van der Waals surface area contributed by atoms with Crippen LogP contribution in [0.3, 0.4) is 0 Å². The maximum absolute atomic E-state index is 12.3. The summed E-state index contributed by atoms with van der Waals surface area (Å²) in [6, 6.07) is 11.0. The van der Waals surface area contributed by atoms with Crippen molar-refractivity contribution in [2.45, 2.75) is 13.5 Å². The third-order valence-corrected chi connectivity index (χ3v) is 5.80. The van der Waals surface area contributed by atoms with Crippen molar-refractivity contribution in [3.63, 3.8) is 0 Å². The number of aromatic nitrogens is 1. The van der Waals surface area contributed by atoms with E-state index < -0.39 is 5.97 Å². The zero-order chi connectivity index (χ0) is 22.8. The highest BCUT2D eigenvalue weighted by atomic mass is 16.5. The first-order valence-electron chi connectivity index (χ1n) is 10.4. The topological polar surface area (TPSA) is 81.1 Å². The molecule has 0 saturated heterocycles. The fraction of sp³-hybridized carbons (Fsp3) is 0.280. The Balaban J connectivity index is 1.98. The predicted octanol–water partition coefficient (Wildman–Crippen LogP) is 4.33. The van der Waals surface area contributed by atoms with Crippen molar-refractivity contribution in [2.75, 3.05) is 34.4 Å². The van der Waals surface area contributed by atoms with Crippen LogP contribution in [0.25, 0.3) is 22.6 Å². The van der Waals surface area contributed by atoms with E-state index in [1.54, 1.807) is 27.4 Å². The summed E-state index contributed by atoms with van der Waals surface area (Å²) in [6.45, 7) is 4.03. The average Bonchev–Trinajstić information content (AvgIpc) is 2.81. The molecule has 1 aliphatic rings. The number of fused-ring (bicyclic) bond motifs is 2. The molecule has 0 fully saturated rings. The van der Waals surface area contributed by atoms with Gasteiger partial charge < -0.3 is 19.3 Å². The predicted molar refractivity (Wildman–Crippen MR) is 124 cm³/mol. The van der Waals surface area contributed by atoms with Gasteiger partial charge in [0.05, 0.1) is 38.1 Å². The van der Waals surface area contributed by atoms with Gasteiger partial charge in [-0.15, -0.1) is 0 Å². The number of ether oxygens (including phenoxy) is 3. The normalized spacial score (nSPS) is 14.9. The number of aromatic carboxylic acids is 1. The number of carboxylic acids is 1. The number of hydrogen-bond acceptors (Lipinski definition) is 6. The molecule has 166 valence electrons. The third kappa shape index (κ3) is 3.76. The van der Waals surface area contributed by atoms with Crippen molar-refractivity contribution in [2.24, 2.45) is 0 Å². The molecule has 0 unspecified atom stereocenters. The molecule has 1 N–H and O–H groups in total. The Morgan fingerprint density at radius 3 is 2.41 bits per heavy atom. The van der Waals surface area contributed by atoms with E-state index in [0.29, 0.717) is 52.5 Å². The van der Waals surface area contributed by atoms with Gasteiger partial charge in [-0.2, -0.15) is 0 Å². The second-order valence-electron chi connectivity index (χ2n) is 7.56. The van der Waals surface area contributed by atoms with E-state index in [2.05, 4.69) is 11.8 Å². The van der Waals surface area contributed by atoms with E-state index in [0.717, 1.165) is 23.2 Å². The van der Waals surface area contributed by atoms with Gasteiger partial charge in [-0.25, -0.2) is 9.78 Å². The molecule has 7 heteroatoms. The molecule has 7 nitrogen and oxygen atoms in total. The van der Waals surface area contributed by atoms with Crippen molar-refractivity contribution >= 4 is 28.5 Å². The summed E-state index contributed by atoms with van der Waals surface area (Å²) in [5.74, 6) is 0.842. The summed E-state index contributed by atoms with van der Waals surface area (Å²) < 4.78 is 16.5. The molecule has 1 aliphatic heterocycles. The number of benzene rings is 2. The lowest BCUT2D eigenvalue weighted by molar-refractivity contribution is 0.0696. The second kappa shape index (κ2) is 8.88. The van der Waals surface area contributed by atoms with Gasteiger partial charge in [0.15, 0.2) is 11.5 Å². The second-order valence-corrected chi connectivity index (χ2v) is 7.56. The average molecular weight is 434 g/mol. The lowest BCUT2D eigenvalue weighted by Crippen LogP contribution is -2.31. The van der Waals surface area contributed by atoms with E-state index in [4.69, 9.17) is 19.2 Å². The Kier molecular flexibility index (Phi) is 6.01. The Hall–Kier alpha value is -3.58. The molecule has 0 aliphatic carbocycles. The number of hydrogen-bond donors (Lipinski definition) is 1. The Morgan fingerprint density at radius 2 is 1.75 bits per heavy atom. The van der Waals surface area contributed by atoms with E-state index in [-0.39, 0.29) is 0 Å². The third-order valence-electron chi connectivity index (χ3n) is 5.80. The van der Waals surface area contributed by atoms with Crippen molar-refractivity contribution in [3.05, 3.63) is 58.8 Å². The van der Waals surface area contributed by atoms with Gasteiger partial charge in [-0.1, -0.05) is 25.1 Å². The van der Waals surface area contributed by atoms with Gasteiger partial charge >= 0.3 is 5.97 Å². The van der Waals surface area contributed by atoms with Crippen molar-refractivity contribution in [1.82, 2.24) is 9.88 Å². The SMILES string of the molecule is CCN1C/C(=C/c2cc(OC)c(OC)cc2OC)c2nc3ccccc3c(C(=O)O)c2C1. The highest BCUT2D eigenvalue weighted by molar-refractivity contribution is 6.06. The fourth-order valence-electron chi connectivity index (χ4n) is 4.20. The number of carboxylic acid groups (broad SMARTS) is 1. The molecule has 0 spiro atoms. The van der Waals surface area contributed by atoms with Crippen LogP contribution < -0.4 is 14.2 Å². The fourth-order valence-corrected chi connectivity index (χ4v) is 4.20. The molecule has 0 bridgehead atoms. The number of pyridine rings is 1. The number of likely N-dealkylation sites (N-methyl/N-ethyl adjacent to an activating group) is 1. The summed E-state index contributed by atoms with van der Waals surface area (Å²) >= 11 is 0. The molecule has 0 saturated carbocycles. The number of nitrogens with zero attached hydrogens (tertiary/aromatic N) is 2. The van der Waals surface area contributed by atoms with Gasteiger partial charge in [0, 0.05) is 35.7 Å². The number of methoxy groups -OCH3 is 3. The van der Waals surface area contributed by atoms with Crippen LogP contribution in [-0.4, -0.2) is 55.4 Å². The molecule has 3 aromatic rings. The summed E-state index contributed by atoms with van der Waals surface area (Å²) in [7, 11) is 4.77. The van der Waals surface area contributed by atoms with Crippen LogP contribution in [0.4, 0.5) is 0 Å². The molecule has 2 aromatic carbocycles. The van der Waals surface area contributed by atoms with Gasteiger partial charge in [-0.05, 0) is 30.3 Å². The highest BCUT2D eigenvalue weighted by Gasteiger charge is 2.28. The molecular formula is C25H26N2O5. The van der Waals surface area contributed by atoms with Gasteiger partial charge in [0.1, 0.15) is 5.75 Å². The minimum atomic E-state index is -0.944. The van der Waals surface area contributed by atoms with E-state index in [1.807, 2.05) is 36.4 Å². The summed E-state index contributed by atoms with van der Waals surface area (Å²) in [6.07, 6.45) is 1.99. The maximum Gasteiger partial charge on any atom is 0.336 e. The van der Waals surface area contributed by atoms with Crippen LogP contribution in [-0.2, 0) is 6.54 Å². The Bertz CT molecular complexity index is 1220. The Labute approximate surface area is 186 Å². The molecule has 0 radical (unpaired) electrons. The monoisotopic (exact) mass is 434 g/mol. The van der Waals surface area contributed by atoms with Gasteiger partial charge in [0.2, 0.25) is 0 Å². The van der Waals surface area contributed by atoms with Crippen LogP contribution >= 0.6 is 0 Å². The quantitative estimate of drug-likeness (QED) is 0.618. The van der Waals surface area contributed by atoms with Gasteiger partial charge in [-0.3, -0.25) is 4.90 Å². The first-order chi connectivity index (χ1) is 15.5. The van der Waals surface area contributed by atoms with Crippen LogP contribution in [0.1, 0.15) is 34.1 Å². The lowest BCUT2D eigenvalue weighted by Gasteiger charge is -2.30. The zero-order valence-corrected chi connectivity index (χ0v) is 18.6. The minimum absolute atomic E-state index is 0.314. The molecule has 4 rings (SSSR count). The highest BCUT2D eigenvalue weighted by Crippen LogP contribution is 2.39. The maximum atomic E-state index is 12.3. The molecular weight excluding hydrogens is 408 g/mol. The van der Waals surface area contributed by atoms with Crippen molar-refractivity contribution in [3.8, 4) is 17.2 Å². The largest absolute Gasteiger partial charge is 0.496 e. The first-order valence-corrected chi connectivity index (χ1v) is 10.4. The van der Waals surface area contributed by atoms with Gasteiger partial charge in [0.25, 0.3) is 0 Å². The number of para-hydroxylation sites is 1. The molecule has 1 aromatic heterocycles. The Morgan fingerprint density at radius 1 is 1.06 bits per heavy atom. The smallest absolute Gasteiger partial charge is 0.336 e. The summed E-state index contributed by atoms with van der Waals surface area (Å²) in [5, 5.41) is 10.7. The van der Waals surface area contributed by atoms with Crippen LogP contribution in [0.15, 0.2) is 36.4 Å². The molecule has 0 amide bonds. The zero-order valence-electron chi connectivity index (χ0n) is 18.6. The van der Waals surface area contributed by atoms with Crippen LogP contribution in [0.2, 0.25) is 0 Å². The molecule has 2 heterocycles. The molecule has 0 atom stereocenters. The van der Waals surface area contributed by atoms with Crippen molar-refractivity contribution < 1.29 is 24.1 Å². The standard InChI is InChI=1S/C25H26N2O5/c1-5-27-13-16(10-15-11-21(31-3)22(32-4)12-20(15)30-2)24-18(14-27)23(25(28)29)17-8-6-7-9-19(17)26-24/h6-12H,5,13-14H2,1-4H3,(H,28,29)/b16-10-. The number of rotatable bonds is 6. The van der Waals surface area contributed by atoms with E-state index in [1.165, 1.54) is 0 Å². The molecule has 32 heavy (non-hydrogen) atoms. The summed E-state index contributed by atoms with van der Waals surface area (Å²) in [5.41, 5.74) is 4.15. The lowest BCUT2D eigenvalue weighted by atomic mass is 9.92. The van der Waals surface area contributed by atoms with Crippen molar-refractivity contribution in [1.29, 1.82) is 0 Å². The minimum Gasteiger partial charge on any atom is -0.496 e.